The van der Waals surface area contributed by atoms with E-state index in [2.05, 4.69) is 10.9 Å². The number of aromatic hydroxyl groups is 1. The molecule has 0 spiro atoms. The fraction of sp³-hybridized carbons (Fsp3) is 0.353. The van der Waals surface area contributed by atoms with E-state index in [1.807, 2.05) is 13.8 Å². The largest absolute Gasteiger partial charge is 0.507 e. The van der Waals surface area contributed by atoms with Gasteiger partial charge in [-0.2, -0.15) is 0 Å². The Bertz CT molecular complexity index is 711. The van der Waals surface area contributed by atoms with Gasteiger partial charge in [0.15, 0.2) is 0 Å². The first-order valence-electron chi connectivity index (χ1n) is 7.57. The Morgan fingerprint density at radius 2 is 1.58 bits per heavy atom. The number of hydrazine groups is 1. The summed E-state index contributed by atoms with van der Waals surface area (Å²) < 4.78 is 0. The molecule has 7 heteroatoms. The summed E-state index contributed by atoms with van der Waals surface area (Å²) in [5.74, 6) is -4.05. The molecule has 0 unspecified atom stereocenters. The Morgan fingerprint density at radius 1 is 1.00 bits per heavy atom. The number of hydrogen-bond donors (Lipinski definition) is 4. The number of rotatable bonds is 3. The minimum absolute atomic E-state index is 0.0168. The first kappa shape index (κ1) is 17.5. The van der Waals surface area contributed by atoms with E-state index in [4.69, 9.17) is 0 Å². The van der Waals surface area contributed by atoms with E-state index >= 15 is 0 Å². The smallest absolute Gasteiger partial charge is 0.307 e. The van der Waals surface area contributed by atoms with Gasteiger partial charge in [-0.15, -0.1) is 0 Å². The van der Waals surface area contributed by atoms with Crippen molar-refractivity contribution in [1.29, 1.82) is 0 Å². The van der Waals surface area contributed by atoms with E-state index in [0.29, 0.717) is 12.8 Å². The van der Waals surface area contributed by atoms with Crippen LogP contribution in [0, 0.1) is 11.8 Å². The van der Waals surface area contributed by atoms with Crippen LogP contribution >= 0.6 is 0 Å². The van der Waals surface area contributed by atoms with Crippen LogP contribution in [-0.2, 0) is 9.59 Å². The normalized spacial score (nSPS) is 20.4. The van der Waals surface area contributed by atoms with Gasteiger partial charge in [0, 0.05) is 0 Å². The van der Waals surface area contributed by atoms with Crippen molar-refractivity contribution in [3.05, 3.63) is 41.0 Å². The Hall–Kier alpha value is -2.83. The summed E-state index contributed by atoms with van der Waals surface area (Å²) in [4.78, 5) is 35.7. The van der Waals surface area contributed by atoms with Gasteiger partial charge >= 0.3 is 5.97 Å². The lowest BCUT2D eigenvalue weighted by Gasteiger charge is -2.29. The third-order valence-electron chi connectivity index (χ3n) is 4.37. The molecule has 0 aromatic heterocycles. The number of carboxylic acids is 1. The van der Waals surface area contributed by atoms with Crippen LogP contribution in [0.15, 0.2) is 35.4 Å². The molecule has 1 aromatic carbocycles. The van der Waals surface area contributed by atoms with Crippen molar-refractivity contribution >= 4 is 17.8 Å². The molecule has 128 valence electrons. The molecule has 0 bridgehead atoms. The molecule has 7 nitrogen and oxygen atoms in total. The number of carbonyl (C=O) groups excluding carboxylic acids is 2. The molecule has 0 heterocycles. The number of aliphatic carboxylic acids is 1. The second-order valence-electron chi connectivity index (χ2n) is 5.98. The number of benzene rings is 1. The number of para-hydroxylation sites is 1. The average molecular weight is 332 g/mol. The van der Waals surface area contributed by atoms with Crippen LogP contribution in [0.5, 0.6) is 5.75 Å². The predicted octanol–water partition coefficient (Wildman–Crippen LogP) is 1.60. The highest BCUT2D eigenvalue weighted by Gasteiger charge is 2.37. The number of amides is 2. The van der Waals surface area contributed by atoms with Crippen molar-refractivity contribution in [1.82, 2.24) is 10.9 Å². The summed E-state index contributed by atoms with van der Waals surface area (Å²) in [7, 11) is 0. The molecule has 0 fully saturated rings. The van der Waals surface area contributed by atoms with Crippen LogP contribution in [-0.4, -0.2) is 28.0 Å². The van der Waals surface area contributed by atoms with Crippen LogP contribution in [0.2, 0.25) is 0 Å². The standard InChI is InChI=1S/C17H20N2O5/c1-9-7-12(13(17(23)24)8-10(9)2)16(22)19-18-15(21)11-5-3-4-6-14(11)20/h3-6,12-13,20H,7-8H2,1-2H3,(H,18,21)(H,19,22)(H,23,24)/t12-,13+/m0/s1. The fourth-order valence-electron chi connectivity index (χ4n) is 2.77. The number of carbonyl (C=O) groups is 3. The van der Waals surface area contributed by atoms with Gasteiger partial charge in [-0.25, -0.2) is 0 Å². The molecular weight excluding hydrogens is 312 g/mol. The summed E-state index contributed by atoms with van der Waals surface area (Å²) in [5.41, 5.74) is 6.46. The number of phenolic OH excluding ortho intramolecular Hbond substituents is 1. The maximum Gasteiger partial charge on any atom is 0.307 e. The molecule has 4 N–H and O–H groups in total. The molecule has 2 amide bonds. The highest BCUT2D eigenvalue weighted by atomic mass is 16.4. The summed E-state index contributed by atoms with van der Waals surface area (Å²) in [6.45, 7) is 3.73. The second kappa shape index (κ2) is 7.16. The molecule has 2 rings (SSSR count). The van der Waals surface area contributed by atoms with E-state index in [1.54, 1.807) is 12.1 Å². The summed E-state index contributed by atoms with van der Waals surface area (Å²) >= 11 is 0. The van der Waals surface area contributed by atoms with Gasteiger partial charge in [-0.3, -0.25) is 25.2 Å². The van der Waals surface area contributed by atoms with E-state index in [9.17, 15) is 24.6 Å². The molecular formula is C17H20N2O5. The van der Waals surface area contributed by atoms with Crippen molar-refractivity contribution in [3.8, 4) is 5.75 Å². The van der Waals surface area contributed by atoms with Crippen molar-refractivity contribution in [2.75, 3.05) is 0 Å². The zero-order valence-electron chi connectivity index (χ0n) is 13.5. The molecule has 1 aliphatic carbocycles. The van der Waals surface area contributed by atoms with Crippen molar-refractivity contribution < 1.29 is 24.6 Å². The first-order chi connectivity index (χ1) is 11.3. The van der Waals surface area contributed by atoms with Gasteiger partial charge in [0.2, 0.25) is 5.91 Å². The van der Waals surface area contributed by atoms with Crippen molar-refractivity contribution in [2.24, 2.45) is 11.8 Å². The van der Waals surface area contributed by atoms with Gasteiger partial charge in [-0.05, 0) is 38.8 Å². The van der Waals surface area contributed by atoms with E-state index in [-0.39, 0.29) is 11.3 Å². The monoisotopic (exact) mass is 332 g/mol. The molecule has 0 saturated carbocycles. The van der Waals surface area contributed by atoms with E-state index in [0.717, 1.165) is 11.1 Å². The number of phenols is 1. The zero-order valence-corrected chi connectivity index (χ0v) is 13.5. The molecule has 24 heavy (non-hydrogen) atoms. The van der Waals surface area contributed by atoms with Crippen molar-refractivity contribution in [3.63, 3.8) is 0 Å². The number of nitrogens with one attached hydrogen (secondary N) is 2. The molecule has 0 radical (unpaired) electrons. The SMILES string of the molecule is CC1=C(C)C[C@@H](C(=O)O)[C@@H](C(=O)NNC(=O)c2ccccc2O)C1. The Balaban J connectivity index is 2.05. The van der Waals surface area contributed by atoms with Crippen molar-refractivity contribution in [2.45, 2.75) is 26.7 Å². The van der Waals surface area contributed by atoms with Crippen LogP contribution in [0.4, 0.5) is 0 Å². The first-order valence-corrected chi connectivity index (χ1v) is 7.57. The van der Waals surface area contributed by atoms with Gasteiger partial charge in [-0.1, -0.05) is 23.3 Å². The molecule has 0 saturated heterocycles. The molecule has 1 aromatic rings. The topological polar surface area (TPSA) is 116 Å². The van der Waals surface area contributed by atoms with Crippen LogP contribution in [0.3, 0.4) is 0 Å². The Morgan fingerprint density at radius 3 is 2.17 bits per heavy atom. The fourth-order valence-corrected chi connectivity index (χ4v) is 2.77. The third kappa shape index (κ3) is 3.73. The van der Waals surface area contributed by atoms with E-state index < -0.39 is 29.6 Å². The number of carboxylic acid groups (broad SMARTS) is 1. The van der Waals surface area contributed by atoms with Gasteiger partial charge < -0.3 is 10.2 Å². The maximum atomic E-state index is 12.3. The molecule has 2 atom stereocenters. The Kier molecular flexibility index (Phi) is 5.23. The summed E-state index contributed by atoms with van der Waals surface area (Å²) in [6, 6.07) is 5.92. The lowest BCUT2D eigenvalue weighted by molar-refractivity contribution is -0.147. The molecule has 0 aliphatic heterocycles. The zero-order chi connectivity index (χ0) is 17.9. The van der Waals surface area contributed by atoms with Gasteiger partial charge in [0.1, 0.15) is 5.75 Å². The minimum atomic E-state index is -1.03. The molecule has 1 aliphatic rings. The lowest BCUT2D eigenvalue weighted by Crippen LogP contribution is -2.48. The number of hydrogen-bond acceptors (Lipinski definition) is 4. The van der Waals surface area contributed by atoms with Gasteiger partial charge in [0.25, 0.3) is 5.91 Å². The quantitative estimate of drug-likeness (QED) is 0.496. The van der Waals surface area contributed by atoms with Crippen LogP contribution < -0.4 is 10.9 Å². The number of allylic oxidation sites excluding steroid dienone is 2. The maximum absolute atomic E-state index is 12.3. The van der Waals surface area contributed by atoms with Gasteiger partial charge in [0.05, 0.1) is 17.4 Å². The summed E-state index contributed by atoms with van der Waals surface area (Å²) in [6.07, 6.45) is 0.647. The predicted molar refractivity (Wildman–Crippen MR) is 85.9 cm³/mol. The Labute approximate surface area is 139 Å². The third-order valence-corrected chi connectivity index (χ3v) is 4.37. The van der Waals surface area contributed by atoms with Crippen LogP contribution in [0.1, 0.15) is 37.0 Å². The lowest BCUT2D eigenvalue weighted by atomic mass is 9.76. The minimum Gasteiger partial charge on any atom is -0.507 e. The van der Waals surface area contributed by atoms with Crippen LogP contribution in [0.25, 0.3) is 0 Å². The van der Waals surface area contributed by atoms with E-state index in [1.165, 1.54) is 12.1 Å². The highest BCUT2D eigenvalue weighted by Crippen LogP contribution is 2.34. The summed E-state index contributed by atoms with van der Waals surface area (Å²) in [5, 5.41) is 18.9. The highest BCUT2D eigenvalue weighted by molar-refractivity contribution is 5.98. The second-order valence-corrected chi connectivity index (χ2v) is 5.98. The average Bonchev–Trinajstić information content (AvgIpc) is 2.54.